The Hall–Kier alpha value is -2.64. The minimum Gasteiger partial charge on any atom is -0.338 e. The summed E-state index contributed by atoms with van der Waals surface area (Å²) in [5.74, 6) is 0.101. The van der Waals surface area contributed by atoms with Crippen LogP contribution in [-0.2, 0) is 16.4 Å². The fourth-order valence-electron chi connectivity index (χ4n) is 4.24. The minimum absolute atomic E-state index is 0.101. The fourth-order valence-corrected chi connectivity index (χ4v) is 5.98. The Morgan fingerprint density at radius 3 is 2.68 bits per heavy atom. The van der Waals surface area contributed by atoms with Gasteiger partial charge in [0, 0.05) is 25.3 Å². The van der Waals surface area contributed by atoms with Gasteiger partial charge in [-0.05, 0) is 67.9 Å². The molecular weight excluding hydrogens is 410 g/mol. The molecule has 0 aromatic heterocycles. The van der Waals surface area contributed by atoms with Crippen molar-refractivity contribution in [1.29, 1.82) is 0 Å². The third-order valence-corrected chi connectivity index (χ3v) is 8.02. The molecule has 2 aromatic carbocycles. The highest BCUT2D eigenvalue weighted by Gasteiger charge is 2.32. The van der Waals surface area contributed by atoms with Crippen LogP contribution in [0, 0.1) is 12.8 Å². The molecule has 1 saturated heterocycles. The molecule has 1 aliphatic carbocycles. The Balaban J connectivity index is 1.35. The third kappa shape index (κ3) is 5.17. The molecule has 6 nitrogen and oxygen atoms in total. The number of nitrogens with zero attached hydrogens (tertiary/aromatic N) is 1. The molecule has 2 amide bonds. The zero-order chi connectivity index (χ0) is 21.8. The second-order valence-corrected chi connectivity index (χ2v) is 10.4. The average Bonchev–Trinajstić information content (AvgIpc) is 2.79. The first kappa shape index (κ1) is 21.6. The number of carbonyl (C=O) groups excluding carboxylic acids is 1. The van der Waals surface area contributed by atoms with Gasteiger partial charge < -0.3 is 10.6 Å². The average molecular weight is 440 g/mol. The summed E-state index contributed by atoms with van der Waals surface area (Å²) in [6, 6.07) is 15.3. The van der Waals surface area contributed by atoms with Crippen LogP contribution in [0.15, 0.2) is 53.4 Å². The predicted molar refractivity (Wildman–Crippen MR) is 124 cm³/mol. The molecule has 2 aliphatic rings. The number of nitrogens with one attached hydrogen (secondary N) is 2. The van der Waals surface area contributed by atoms with E-state index in [0.29, 0.717) is 31.0 Å². The van der Waals surface area contributed by atoms with Crippen molar-refractivity contribution in [1.82, 2.24) is 9.62 Å². The first-order chi connectivity index (χ1) is 14.9. The zero-order valence-electron chi connectivity index (χ0n) is 17.8. The number of carbonyl (C=O) groups is 1. The van der Waals surface area contributed by atoms with Crippen molar-refractivity contribution in [2.45, 2.75) is 32.6 Å². The van der Waals surface area contributed by atoms with Gasteiger partial charge in [0.15, 0.2) is 0 Å². The molecule has 2 aromatic rings. The molecule has 0 radical (unpaired) electrons. The molecule has 0 bridgehead atoms. The Morgan fingerprint density at radius 1 is 1.10 bits per heavy atom. The Labute approximate surface area is 184 Å². The van der Waals surface area contributed by atoms with Crippen molar-refractivity contribution in [2.24, 2.45) is 5.92 Å². The molecule has 4 rings (SSSR count). The number of allylic oxidation sites excluding steroid dienone is 1. The molecule has 1 fully saturated rings. The number of urea groups is 1. The van der Waals surface area contributed by atoms with E-state index in [9.17, 15) is 13.2 Å². The van der Waals surface area contributed by atoms with Gasteiger partial charge in [-0.15, -0.1) is 0 Å². The highest BCUT2D eigenvalue weighted by atomic mass is 32.2. The van der Waals surface area contributed by atoms with E-state index >= 15 is 0 Å². The molecule has 1 aliphatic heterocycles. The lowest BCUT2D eigenvalue weighted by Crippen LogP contribution is -2.44. The summed E-state index contributed by atoms with van der Waals surface area (Å²) in [4.78, 5) is 12.7. The fraction of sp³-hybridized carbons (Fsp3) is 0.375. The summed E-state index contributed by atoms with van der Waals surface area (Å²) in [6.07, 6.45) is 4.82. The lowest BCUT2D eigenvalue weighted by molar-refractivity contribution is 0.239. The second-order valence-electron chi connectivity index (χ2n) is 8.38. The summed E-state index contributed by atoms with van der Waals surface area (Å²) in [7, 11) is -3.49. The summed E-state index contributed by atoms with van der Waals surface area (Å²) in [5, 5.41) is 5.71. The van der Waals surface area contributed by atoms with Gasteiger partial charge in [-0.25, -0.2) is 13.2 Å². The van der Waals surface area contributed by atoms with Gasteiger partial charge in [0.25, 0.3) is 0 Å². The summed E-state index contributed by atoms with van der Waals surface area (Å²) in [6.45, 7) is 3.42. The molecule has 164 valence electrons. The van der Waals surface area contributed by atoms with Crippen molar-refractivity contribution in [2.75, 3.05) is 25.0 Å². The number of fused-ring (bicyclic) bond motifs is 1. The van der Waals surface area contributed by atoms with E-state index < -0.39 is 10.0 Å². The molecule has 1 atom stereocenters. The van der Waals surface area contributed by atoms with Gasteiger partial charge in [-0.2, -0.15) is 4.31 Å². The first-order valence-electron chi connectivity index (χ1n) is 10.8. The van der Waals surface area contributed by atoms with E-state index in [2.05, 4.69) is 16.7 Å². The predicted octanol–water partition coefficient (Wildman–Crippen LogP) is 4.15. The summed E-state index contributed by atoms with van der Waals surface area (Å²) >= 11 is 0. The van der Waals surface area contributed by atoms with Crippen LogP contribution in [0.4, 0.5) is 10.5 Å². The van der Waals surface area contributed by atoms with Crippen molar-refractivity contribution in [3.63, 3.8) is 0 Å². The highest BCUT2D eigenvalue weighted by Crippen LogP contribution is 2.31. The van der Waals surface area contributed by atoms with Gasteiger partial charge in [0.2, 0.25) is 10.0 Å². The van der Waals surface area contributed by atoms with E-state index in [4.69, 9.17) is 0 Å². The maximum absolute atomic E-state index is 13.3. The number of sulfonamides is 1. The number of hydrogen-bond donors (Lipinski definition) is 2. The highest BCUT2D eigenvalue weighted by molar-refractivity contribution is 7.93. The van der Waals surface area contributed by atoms with Crippen LogP contribution in [0.5, 0.6) is 0 Å². The normalized spacial score (nSPS) is 19.3. The maximum Gasteiger partial charge on any atom is 0.319 e. The molecule has 0 spiro atoms. The van der Waals surface area contributed by atoms with Gasteiger partial charge in [-0.3, -0.25) is 0 Å². The molecule has 2 N–H and O–H groups in total. The second kappa shape index (κ2) is 9.24. The Bertz CT molecular complexity index is 1080. The van der Waals surface area contributed by atoms with Gasteiger partial charge in [0.1, 0.15) is 0 Å². The SMILES string of the molecule is Cc1ccc(NC(=O)NCC2CCCN(S(=O)(=O)C3=Cc4ccccc4CC3)C2)cc1. The maximum atomic E-state index is 13.3. The standard InChI is InChI=1S/C24H29N3O3S/c1-18-8-11-22(12-9-18)26-24(28)25-16-19-5-4-14-27(17-19)31(29,30)23-13-10-20-6-2-3-7-21(20)15-23/h2-3,6-9,11-12,15,19H,4-5,10,13-14,16-17H2,1H3,(H2,25,26,28). The van der Waals surface area contributed by atoms with Gasteiger partial charge in [-0.1, -0.05) is 42.0 Å². The van der Waals surface area contributed by atoms with E-state index in [1.165, 1.54) is 5.56 Å². The molecule has 31 heavy (non-hydrogen) atoms. The summed E-state index contributed by atoms with van der Waals surface area (Å²) < 4.78 is 28.1. The zero-order valence-corrected chi connectivity index (χ0v) is 18.6. The van der Waals surface area contributed by atoms with Crippen LogP contribution < -0.4 is 10.6 Å². The molecule has 7 heteroatoms. The number of amides is 2. The lowest BCUT2D eigenvalue weighted by atomic mass is 9.98. The van der Waals surface area contributed by atoms with Crippen molar-refractivity contribution < 1.29 is 13.2 Å². The van der Waals surface area contributed by atoms with Crippen LogP contribution >= 0.6 is 0 Å². The molecule has 0 saturated carbocycles. The van der Waals surface area contributed by atoms with E-state index in [0.717, 1.165) is 36.1 Å². The van der Waals surface area contributed by atoms with Gasteiger partial charge in [0.05, 0.1) is 4.91 Å². The van der Waals surface area contributed by atoms with Gasteiger partial charge >= 0.3 is 6.03 Å². The number of aryl methyl sites for hydroxylation is 2. The van der Waals surface area contributed by atoms with Crippen molar-refractivity contribution in [3.8, 4) is 0 Å². The quantitative estimate of drug-likeness (QED) is 0.735. The number of rotatable bonds is 5. The monoisotopic (exact) mass is 439 g/mol. The number of anilines is 1. The van der Waals surface area contributed by atoms with Crippen LogP contribution in [0.3, 0.4) is 0 Å². The van der Waals surface area contributed by atoms with Crippen molar-refractivity contribution >= 4 is 27.8 Å². The smallest absolute Gasteiger partial charge is 0.319 e. The van der Waals surface area contributed by atoms with Crippen LogP contribution in [-0.4, -0.2) is 38.4 Å². The topological polar surface area (TPSA) is 78.5 Å². The minimum atomic E-state index is -3.49. The largest absolute Gasteiger partial charge is 0.338 e. The van der Waals surface area contributed by atoms with Crippen LogP contribution in [0.2, 0.25) is 0 Å². The van der Waals surface area contributed by atoms with E-state index in [1.807, 2.05) is 55.5 Å². The number of benzene rings is 2. The van der Waals surface area contributed by atoms with E-state index in [-0.39, 0.29) is 11.9 Å². The van der Waals surface area contributed by atoms with Crippen molar-refractivity contribution in [3.05, 3.63) is 70.1 Å². The Kier molecular flexibility index (Phi) is 6.43. The summed E-state index contributed by atoms with van der Waals surface area (Å²) in [5.41, 5.74) is 4.06. The third-order valence-electron chi connectivity index (χ3n) is 6.03. The molecule has 1 heterocycles. The first-order valence-corrected chi connectivity index (χ1v) is 12.3. The van der Waals surface area contributed by atoms with E-state index in [1.54, 1.807) is 4.31 Å². The molecular formula is C24H29N3O3S. The van der Waals surface area contributed by atoms with Crippen LogP contribution in [0.25, 0.3) is 6.08 Å². The Morgan fingerprint density at radius 2 is 1.87 bits per heavy atom. The number of hydrogen-bond acceptors (Lipinski definition) is 3. The lowest BCUT2D eigenvalue weighted by Gasteiger charge is -2.33. The van der Waals surface area contributed by atoms with Crippen LogP contribution in [0.1, 0.15) is 36.0 Å². The number of piperidine rings is 1. The molecule has 1 unspecified atom stereocenters.